The van der Waals surface area contributed by atoms with Crippen molar-refractivity contribution in [3.05, 3.63) is 65.0 Å². The van der Waals surface area contributed by atoms with Crippen LogP contribution in [0.4, 0.5) is 0 Å². The average Bonchev–Trinajstić information content (AvgIpc) is 2.97. The zero-order valence-corrected chi connectivity index (χ0v) is 15.8. The molecule has 0 aliphatic carbocycles. The van der Waals surface area contributed by atoms with Gasteiger partial charge in [0.25, 0.3) is 5.91 Å². The molecule has 0 spiro atoms. The summed E-state index contributed by atoms with van der Waals surface area (Å²) in [5.41, 5.74) is 1.29. The van der Waals surface area contributed by atoms with Gasteiger partial charge in [-0.25, -0.2) is 0 Å². The minimum absolute atomic E-state index is 0.173. The van der Waals surface area contributed by atoms with E-state index in [9.17, 15) is 4.79 Å². The van der Waals surface area contributed by atoms with E-state index in [1.165, 1.54) is 10.3 Å². The highest BCUT2D eigenvalue weighted by Crippen LogP contribution is 2.31. The highest BCUT2D eigenvalue weighted by molar-refractivity contribution is 7.20. The molecule has 0 bridgehead atoms. The first-order chi connectivity index (χ1) is 12.7. The maximum absolute atomic E-state index is 13.1. The first-order valence-electron chi connectivity index (χ1n) is 9.16. The van der Waals surface area contributed by atoms with Crippen LogP contribution in [-0.4, -0.2) is 31.0 Å². The molecule has 1 aliphatic heterocycles. The van der Waals surface area contributed by atoms with Crippen LogP contribution >= 0.6 is 11.3 Å². The van der Waals surface area contributed by atoms with Gasteiger partial charge in [-0.2, -0.15) is 0 Å². The Morgan fingerprint density at radius 3 is 2.69 bits per heavy atom. The van der Waals surface area contributed by atoms with Crippen LogP contribution in [-0.2, 0) is 0 Å². The molecule has 134 valence electrons. The third kappa shape index (κ3) is 3.47. The number of benzene rings is 2. The van der Waals surface area contributed by atoms with Crippen LogP contribution in [0.2, 0.25) is 0 Å². The van der Waals surface area contributed by atoms with Gasteiger partial charge < -0.3 is 9.64 Å². The van der Waals surface area contributed by atoms with Gasteiger partial charge in [-0.1, -0.05) is 36.8 Å². The molecule has 0 radical (unpaired) electrons. The number of amides is 1. The summed E-state index contributed by atoms with van der Waals surface area (Å²) in [4.78, 5) is 16.0. The Balaban J connectivity index is 1.55. The van der Waals surface area contributed by atoms with E-state index in [0.717, 1.165) is 48.4 Å². The van der Waals surface area contributed by atoms with Crippen LogP contribution in [0.5, 0.6) is 5.75 Å². The molecule has 4 heteroatoms. The Hall–Kier alpha value is -2.33. The number of ether oxygens (including phenoxy) is 1. The van der Waals surface area contributed by atoms with Crippen molar-refractivity contribution in [2.75, 3.05) is 20.2 Å². The third-order valence-electron chi connectivity index (χ3n) is 5.18. The minimum atomic E-state index is 0.173. The maximum Gasteiger partial charge on any atom is 0.263 e. The molecule has 3 nitrogen and oxygen atoms in total. The quantitative estimate of drug-likeness (QED) is 0.629. The second-order valence-electron chi connectivity index (χ2n) is 6.87. The largest absolute Gasteiger partial charge is 0.497 e. The summed E-state index contributed by atoms with van der Waals surface area (Å²) in [6.45, 7) is 1.64. The van der Waals surface area contributed by atoms with Crippen LogP contribution in [0.3, 0.4) is 0 Å². The van der Waals surface area contributed by atoms with Gasteiger partial charge >= 0.3 is 0 Å². The lowest BCUT2D eigenvalue weighted by atomic mass is 9.94. The molecule has 1 aromatic heterocycles. The molecule has 0 unspecified atom stereocenters. The molecule has 0 N–H and O–H groups in total. The summed E-state index contributed by atoms with van der Waals surface area (Å²) in [5, 5.41) is 1.15. The SMILES string of the molecule is COc1ccc([C@@H]2CCCCN(C(=O)c3cc4ccccc4s3)C2)cc1. The molecule has 3 aromatic rings. The predicted molar refractivity (Wildman–Crippen MR) is 107 cm³/mol. The number of methoxy groups -OCH3 is 1. The molecule has 4 rings (SSSR count). The summed E-state index contributed by atoms with van der Waals surface area (Å²) < 4.78 is 6.44. The van der Waals surface area contributed by atoms with E-state index in [1.807, 2.05) is 35.2 Å². The summed E-state index contributed by atoms with van der Waals surface area (Å²) >= 11 is 1.60. The molecule has 1 fully saturated rings. The lowest BCUT2D eigenvalue weighted by molar-refractivity contribution is 0.0759. The van der Waals surface area contributed by atoms with Gasteiger partial charge in [-0.05, 0) is 48.1 Å². The standard InChI is InChI=1S/C22H23NO2S/c1-25-19-11-9-16(10-12-19)18-7-4-5-13-23(15-18)22(24)21-14-17-6-2-3-8-20(17)26-21/h2-3,6,8-12,14,18H,4-5,7,13,15H2,1H3/t18-/m1/s1. The van der Waals surface area contributed by atoms with E-state index in [-0.39, 0.29) is 5.91 Å². The molecule has 1 atom stereocenters. The van der Waals surface area contributed by atoms with Gasteiger partial charge in [0.15, 0.2) is 0 Å². The number of thiophene rings is 1. The number of nitrogens with zero attached hydrogens (tertiary/aromatic N) is 1. The van der Waals surface area contributed by atoms with Gasteiger partial charge in [0.1, 0.15) is 5.75 Å². The van der Waals surface area contributed by atoms with Crippen molar-refractivity contribution in [1.82, 2.24) is 4.90 Å². The van der Waals surface area contributed by atoms with E-state index >= 15 is 0 Å². The molecule has 2 aromatic carbocycles. The van der Waals surface area contributed by atoms with E-state index in [1.54, 1.807) is 18.4 Å². The summed E-state index contributed by atoms with van der Waals surface area (Å²) in [6, 6.07) is 18.5. The van der Waals surface area contributed by atoms with Crippen molar-refractivity contribution in [2.24, 2.45) is 0 Å². The molecule has 1 aliphatic rings. The summed E-state index contributed by atoms with van der Waals surface area (Å²) in [6.07, 6.45) is 3.36. The predicted octanol–water partition coefficient (Wildman–Crippen LogP) is 5.32. The van der Waals surface area contributed by atoms with Crippen LogP contribution in [0, 0.1) is 0 Å². The van der Waals surface area contributed by atoms with Crippen molar-refractivity contribution in [3.63, 3.8) is 0 Å². The van der Waals surface area contributed by atoms with Crippen LogP contribution in [0.25, 0.3) is 10.1 Å². The Morgan fingerprint density at radius 2 is 1.92 bits per heavy atom. The number of carbonyl (C=O) groups excluding carboxylic acids is 1. The number of likely N-dealkylation sites (tertiary alicyclic amines) is 1. The highest BCUT2D eigenvalue weighted by atomic mass is 32.1. The molecule has 0 saturated carbocycles. The Kier molecular flexibility index (Phi) is 4.93. The monoisotopic (exact) mass is 365 g/mol. The molecule has 2 heterocycles. The van der Waals surface area contributed by atoms with Crippen LogP contribution < -0.4 is 4.74 Å². The first kappa shape index (κ1) is 17.1. The fourth-order valence-corrected chi connectivity index (χ4v) is 4.75. The summed E-state index contributed by atoms with van der Waals surface area (Å²) in [7, 11) is 1.69. The van der Waals surface area contributed by atoms with E-state index < -0.39 is 0 Å². The highest BCUT2D eigenvalue weighted by Gasteiger charge is 2.25. The van der Waals surface area contributed by atoms with Gasteiger partial charge in [-0.3, -0.25) is 4.79 Å². The van der Waals surface area contributed by atoms with E-state index in [0.29, 0.717) is 5.92 Å². The number of fused-ring (bicyclic) bond motifs is 1. The number of hydrogen-bond acceptors (Lipinski definition) is 3. The van der Waals surface area contributed by atoms with Crippen LogP contribution in [0.15, 0.2) is 54.6 Å². The zero-order valence-electron chi connectivity index (χ0n) is 15.0. The fourth-order valence-electron chi connectivity index (χ4n) is 3.72. The van der Waals surface area contributed by atoms with Gasteiger partial charge in [0.2, 0.25) is 0 Å². The van der Waals surface area contributed by atoms with Crippen molar-refractivity contribution in [2.45, 2.75) is 25.2 Å². The minimum Gasteiger partial charge on any atom is -0.497 e. The van der Waals surface area contributed by atoms with Crippen molar-refractivity contribution >= 4 is 27.3 Å². The lowest BCUT2D eigenvalue weighted by Gasteiger charge is -2.24. The Morgan fingerprint density at radius 1 is 1.12 bits per heavy atom. The number of rotatable bonds is 3. The zero-order chi connectivity index (χ0) is 17.9. The van der Waals surface area contributed by atoms with E-state index in [2.05, 4.69) is 24.3 Å². The molecule has 1 amide bonds. The first-order valence-corrected chi connectivity index (χ1v) is 9.98. The normalized spacial score (nSPS) is 17.9. The third-order valence-corrected chi connectivity index (χ3v) is 6.29. The lowest BCUT2D eigenvalue weighted by Crippen LogP contribution is -2.33. The van der Waals surface area contributed by atoms with Crippen molar-refractivity contribution in [3.8, 4) is 5.75 Å². The van der Waals surface area contributed by atoms with Crippen molar-refractivity contribution in [1.29, 1.82) is 0 Å². The number of carbonyl (C=O) groups is 1. The molecular weight excluding hydrogens is 342 g/mol. The molecular formula is C22H23NO2S. The molecule has 26 heavy (non-hydrogen) atoms. The van der Waals surface area contributed by atoms with E-state index in [4.69, 9.17) is 4.74 Å². The summed E-state index contributed by atoms with van der Waals surface area (Å²) in [5.74, 6) is 1.44. The average molecular weight is 365 g/mol. The Labute approximate surface area is 158 Å². The second kappa shape index (κ2) is 7.50. The van der Waals surface area contributed by atoms with Gasteiger partial charge in [-0.15, -0.1) is 11.3 Å². The van der Waals surface area contributed by atoms with Gasteiger partial charge in [0, 0.05) is 23.7 Å². The smallest absolute Gasteiger partial charge is 0.263 e. The van der Waals surface area contributed by atoms with Crippen LogP contribution in [0.1, 0.15) is 40.4 Å². The molecule has 1 saturated heterocycles. The second-order valence-corrected chi connectivity index (χ2v) is 7.95. The topological polar surface area (TPSA) is 29.5 Å². The van der Waals surface area contributed by atoms with Gasteiger partial charge in [0.05, 0.1) is 12.0 Å². The Bertz CT molecular complexity index is 867. The fraction of sp³-hybridized carbons (Fsp3) is 0.318. The van der Waals surface area contributed by atoms with Crippen molar-refractivity contribution < 1.29 is 9.53 Å². The number of hydrogen-bond donors (Lipinski definition) is 0. The maximum atomic E-state index is 13.1.